The fourth-order valence-electron chi connectivity index (χ4n) is 4.05. The number of aliphatic carboxylic acids is 1. The number of sulfonamides is 1. The van der Waals surface area contributed by atoms with Crippen LogP contribution in [-0.4, -0.2) is 105 Å². The summed E-state index contributed by atoms with van der Waals surface area (Å²) in [7, 11) is -7.36. The lowest BCUT2D eigenvalue weighted by Crippen LogP contribution is -2.40. The van der Waals surface area contributed by atoms with Gasteiger partial charge in [-0.05, 0) is 68.1 Å². The number of amides is 1. The van der Waals surface area contributed by atoms with Crippen molar-refractivity contribution in [2.24, 2.45) is 0 Å². The van der Waals surface area contributed by atoms with E-state index in [2.05, 4.69) is 38.8 Å². The number of nitrogens with one attached hydrogen (secondary N) is 2. The van der Waals surface area contributed by atoms with E-state index in [0.29, 0.717) is 21.3 Å². The SMILES string of the molecule is CC(C)N(C(=O)COc1nnc(C(F)(F)F)s1)c1ccc(F)cc1.C[S+](C)C.Cc1nn(-c2cc(NS(C)(=O)=O)c(Cl)cc2Cl)c(=O)n1C(F)F.O=C(O)CNCP(=O)([O-])O. The second-order valence-corrected chi connectivity index (χ2v) is 19.9. The summed E-state index contributed by atoms with van der Waals surface area (Å²) < 4.78 is 117. The van der Waals surface area contributed by atoms with Gasteiger partial charge >= 0.3 is 24.4 Å². The Kier molecular flexibility index (Phi) is 21.7. The van der Waals surface area contributed by atoms with Crippen molar-refractivity contribution in [3.8, 4) is 10.9 Å². The van der Waals surface area contributed by atoms with Gasteiger partial charge < -0.3 is 29.1 Å². The predicted molar refractivity (Wildman–Crippen MR) is 217 cm³/mol. The molecule has 0 saturated carbocycles. The summed E-state index contributed by atoms with van der Waals surface area (Å²) in [4.78, 5) is 53.4. The molecule has 1 unspecified atom stereocenters. The predicted octanol–water partition coefficient (Wildman–Crippen LogP) is 4.59. The number of aromatic nitrogens is 5. The van der Waals surface area contributed by atoms with E-state index in [4.69, 9.17) is 37.9 Å². The second-order valence-electron chi connectivity index (χ2n) is 12.4. The van der Waals surface area contributed by atoms with Gasteiger partial charge in [-0.15, -0.1) is 10.2 Å². The molecule has 61 heavy (non-hydrogen) atoms. The number of carboxylic acid groups (broad SMARTS) is 1. The van der Waals surface area contributed by atoms with Crippen LogP contribution in [0.4, 0.5) is 37.7 Å². The van der Waals surface area contributed by atoms with Crippen LogP contribution >= 0.6 is 42.1 Å². The third-order valence-electron chi connectivity index (χ3n) is 6.18. The van der Waals surface area contributed by atoms with Gasteiger partial charge in [0.2, 0.25) is 15.0 Å². The fourth-order valence-corrected chi connectivity index (χ4v) is 6.14. The summed E-state index contributed by atoms with van der Waals surface area (Å²) in [6.45, 7) is 0.649. The van der Waals surface area contributed by atoms with Gasteiger partial charge in [-0.1, -0.05) is 39.6 Å². The molecule has 4 N–H and O–H groups in total. The fraction of sp³-hybridized carbons (Fsp3) is 0.419. The van der Waals surface area contributed by atoms with E-state index in [1.165, 1.54) is 42.2 Å². The zero-order valence-corrected chi connectivity index (χ0v) is 37.6. The molecule has 0 radical (unpaired) electrons. The number of hydrogen-bond donors (Lipinski definition) is 4. The summed E-state index contributed by atoms with van der Waals surface area (Å²) in [5.41, 5.74) is -0.820. The van der Waals surface area contributed by atoms with Crippen LogP contribution in [-0.2, 0) is 41.2 Å². The Bertz CT molecular complexity index is 2290. The number of halogens is 8. The van der Waals surface area contributed by atoms with Crippen molar-refractivity contribution in [3.63, 3.8) is 0 Å². The van der Waals surface area contributed by atoms with Crippen molar-refractivity contribution < 1.29 is 68.5 Å². The molecule has 2 aromatic heterocycles. The van der Waals surface area contributed by atoms with E-state index in [0.717, 1.165) is 12.3 Å². The van der Waals surface area contributed by atoms with Gasteiger partial charge in [-0.2, -0.15) is 26.6 Å². The van der Waals surface area contributed by atoms with Gasteiger partial charge in [0.25, 0.3) is 11.1 Å². The van der Waals surface area contributed by atoms with Crippen molar-refractivity contribution in [2.75, 3.05) is 54.1 Å². The highest BCUT2D eigenvalue weighted by Crippen LogP contribution is 2.34. The minimum absolute atomic E-state index is 0.0257. The minimum Gasteiger partial charge on any atom is -0.778 e. The molecule has 342 valence electrons. The normalized spacial score (nSPS) is 12.3. The lowest BCUT2D eigenvalue weighted by molar-refractivity contribution is -0.193. The maximum absolute atomic E-state index is 13.0. The Balaban J connectivity index is 0.000000469. The zero-order chi connectivity index (χ0) is 47.2. The first-order valence-corrected chi connectivity index (χ1v) is 24.0. The van der Waals surface area contributed by atoms with E-state index in [1.54, 1.807) is 13.8 Å². The van der Waals surface area contributed by atoms with Gasteiger partial charge in [0.1, 0.15) is 19.2 Å². The molecule has 0 spiro atoms. The number of aryl methyl sites for hydroxylation is 1. The van der Waals surface area contributed by atoms with Crippen LogP contribution in [0.3, 0.4) is 0 Å². The highest BCUT2D eigenvalue weighted by Gasteiger charge is 2.36. The Morgan fingerprint density at radius 1 is 1.10 bits per heavy atom. The number of nitrogens with zero attached hydrogens (tertiary/aromatic N) is 6. The monoisotopic (exact) mass is 994 g/mol. The first-order chi connectivity index (χ1) is 27.8. The molecule has 1 atom stereocenters. The minimum atomic E-state index is -4.61. The number of alkyl halides is 5. The highest BCUT2D eigenvalue weighted by molar-refractivity contribution is 7.94. The molecular formula is C31H39Cl2F6N8O10PS3. The zero-order valence-electron chi connectivity index (χ0n) is 32.8. The van der Waals surface area contributed by atoms with E-state index >= 15 is 0 Å². The lowest BCUT2D eigenvalue weighted by atomic mass is 10.2. The molecule has 0 aliphatic rings. The van der Waals surface area contributed by atoms with Crippen LogP contribution in [0.2, 0.25) is 10.0 Å². The number of carboxylic acids is 1. The summed E-state index contributed by atoms with van der Waals surface area (Å²) in [6, 6.07) is 7.33. The number of anilines is 2. The van der Waals surface area contributed by atoms with Gasteiger partial charge in [-0.3, -0.25) is 19.6 Å². The van der Waals surface area contributed by atoms with Crippen LogP contribution in [0.5, 0.6) is 5.19 Å². The van der Waals surface area contributed by atoms with Crippen molar-refractivity contribution >= 4 is 86.3 Å². The van der Waals surface area contributed by atoms with Crippen LogP contribution < -0.4 is 30.3 Å². The van der Waals surface area contributed by atoms with Gasteiger partial charge in [0, 0.05) is 11.7 Å². The summed E-state index contributed by atoms with van der Waals surface area (Å²) in [5, 5.41) is 18.3. The summed E-state index contributed by atoms with van der Waals surface area (Å²) in [5.74, 6) is -2.35. The van der Waals surface area contributed by atoms with Crippen LogP contribution in [0.1, 0.15) is 31.2 Å². The van der Waals surface area contributed by atoms with Gasteiger partial charge in [0.15, 0.2) is 6.61 Å². The number of carbonyl (C=O) groups is 2. The number of benzene rings is 2. The third kappa shape index (κ3) is 20.2. The lowest BCUT2D eigenvalue weighted by Gasteiger charge is -2.26. The highest BCUT2D eigenvalue weighted by atomic mass is 35.5. The second kappa shape index (κ2) is 24.0. The third-order valence-corrected chi connectivity index (χ3v) is 8.89. The van der Waals surface area contributed by atoms with Gasteiger partial charge in [0.05, 0.1) is 59.3 Å². The van der Waals surface area contributed by atoms with Crippen LogP contribution in [0, 0.1) is 12.7 Å². The molecule has 0 bridgehead atoms. The van der Waals surface area contributed by atoms with Crippen molar-refractivity contribution in [2.45, 2.75) is 39.5 Å². The maximum Gasteiger partial charge on any atom is 0.445 e. The molecule has 18 nitrogen and oxygen atoms in total. The summed E-state index contributed by atoms with van der Waals surface area (Å²) >= 11 is 12.0. The van der Waals surface area contributed by atoms with E-state index in [1.807, 2.05) is 5.32 Å². The van der Waals surface area contributed by atoms with Gasteiger partial charge in [-0.25, -0.2) is 22.2 Å². The van der Waals surface area contributed by atoms with E-state index < -0.39 is 78.2 Å². The Hall–Kier alpha value is -3.95. The molecule has 0 aliphatic heterocycles. The quantitative estimate of drug-likeness (QED) is 0.0813. The molecule has 4 rings (SSSR count). The average molecular weight is 996 g/mol. The first kappa shape index (κ1) is 55.1. The maximum atomic E-state index is 13.0. The van der Waals surface area contributed by atoms with Crippen molar-refractivity contribution in [1.82, 2.24) is 29.9 Å². The van der Waals surface area contributed by atoms with Crippen LogP contribution in [0.25, 0.3) is 5.69 Å². The standard InChI is InChI=1S/C14H13F4N3O2S.C11H10Cl2F2N4O3S.C3H8NO5P.C3H9S/c1-8(2)21(10-5-3-9(15)4-6-10)11(22)7-23-13-20-19-12(24-13)14(16,17)18;1-5-16-19(11(20)18(5)10(14)15)9-4-8(17-23(2,21)22)6(12)3-7(9)13;5-3(6)1-4-2-10(7,8)9;1-4(2)3/h3-6,8H,7H2,1-2H3;3-4,10,17H,1-2H3;4H,1-2H2,(H,5,6)(H2,7,8,9);1-3H3/q;;;+1/p-1. The molecule has 2 aromatic carbocycles. The molecule has 0 fully saturated rings. The largest absolute Gasteiger partial charge is 0.778 e. The number of hydrogen-bond acceptors (Lipinski definition) is 13. The molecule has 30 heteroatoms. The topological polar surface area (TPSA) is 251 Å². The Labute approximate surface area is 361 Å². The molecule has 0 saturated heterocycles. The van der Waals surface area contributed by atoms with E-state index in [9.17, 15) is 58.6 Å². The van der Waals surface area contributed by atoms with Crippen LogP contribution in [0.15, 0.2) is 41.2 Å². The first-order valence-electron chi connectivity index (χ1n) is 16.3. The van der Waals surface area contributed by atoms with Crippen molar-refractivity contribution in [3.05, 3.63) is 73.6 Å². The number of ether oxygens (including phenoxy) is 1. The smallest absolute Gasteiger partial charge is 0.445 e. The average Bonchev–Trinajstić information content (AvgIpc) is 3.69. The molecule has 0 aliphatic carbocycles. The Morgan fingerprint density at radius 3 is 2.08 bits per heavy atom. The number of rotatable bonds is 13. The van der Waals surface area contributed by atoms with E-state index in [-0.39, 0.29) is 54.4 Å². The molecule has 4 aromatic rings. The number of carbonyl (C=O) groups excluding carboxylic acids is 1. The van der Waals surface area contributed by atoms with Crippen molar-refractivity contribution in [1.29, 1.82) is 0 Å². The molecular weight excluding hydrogens is 956 g/mol. The Morgan fingerprint density at radius 2 is 1.66 bits per heavy atom. The summed E-state index contributed by atoms with van der Waals surface area (Å²) in [6.07, 6.45) is 2.17. The molecule has 1 amide bonds. The molecule has 2 heterocycles.